The summed E-state index contributed by atoms with van der Waals surface area (Å²) >= 11 is 13.1. The fourth-order valence-corrected chi connectivity index (χ4v) is 5.93. The highest BCUT2D eigenvalue weighted by Gasteiger charge is 2.39. The molecule has 4 aromatic carbocycles. The summed E-state index contributed by atoms with van der Waals surface area (Å²) in [6, 6.07) is 33.0. The molecule has 5 aromatic rings. The molecule has 4 nitrogen and oxygen atoms in total. The normalized spacial score (nSPS) is 15.0. The molecule has 0 amide bonds. The highest BCUT2D eigenvalue weighted by Crippen LogP contribution is 2.44. The molecule has 6 rings (SSSR count). The van der Waals surface area contributed by atoms with E-state index in [1.165, 1.54) is 0 Å². The van der Waals surface area contributed by atoms with Gasteiger partial charge in [0.1, 0.15) is 16.4 Å². The van der Waals surface area contributed by atoms with Gasteiger partial charge in [-0.25, -0.2) is 0 Å². The number of aromatic nitrogens is 1. The molecule has 0 saturated heterocycles. The number of methoxy groups -OCH3 is 1. The molecule has 38 heavy (non-hydrogen) atoms. The first-order chi connectivity index (χ1) is 18.6. The zero-order valence-electron chi connectivity index (χ0n) is 20.8. The molecule has 0 bridgehead atoms. The summed E-state index contributed by atoms with van der Waals surface area (Å²) in [6.07, 6.45) is 1.87. The number of pyridine rings is 1. The minimum Gasteiger partial charge on any atom is -0.495 e. The van der Waals surface area contributed by atoms with Crippen molar-refractivity contribution in [1.82, 2.24) is 10.3 Å². The lowest BCUT2D eigenvalue weighted by Gasteiger charge is -2.37. The SMILES string of the molecule is COc1cc2c3c(cnc2c(Cl)c1Cl)CNC3COC(c1ccccc1)(c1ccccc1)c1ccccc1. The fraction of sp³-hybridized carbons (Fsp3) is 0.156. The smallest absolute Gasteiger partial charge is 0.143 e. The maximum absolute atomic E-state index is 7.11. The Morgan fingerprint density at radius 2 is 1.39 bits per heavy atom. The average molecular weight is 541 g/mol. The Kier molecular flexibility index (Phi) is 6.81. The van der Waals surface area contributed by atoms with E-state index in [2.05, 4.69) is 83.1 Å². The van der Waals surface area contributed by atoms with Crippen LogP contribution in [0.5, 0.6) is 5.75 Å². The van der Waals surface area contributed by atoms with E-state index in [-0.39, 0.29) is 6.04 Å². The molecule has 190 valence electrons. The third kappa shape index (κ3) is 4.14. The van der Waals surface area contributed by atoms with Crippen molar-refractivity contribution in [3.05, 3.63) is 141 Å². The second kappa shape index (κ2) is 10.4. The van der Waals surface area contributed by atoms with Crippen LogP contribution in [0.1, 0.15) is 33.9 Å². The van der Waals surface area contributed by atoms with Crippen LogP contribution in [-0.4, -0.2) is 18.7 Å². The van der Waals surface area contributed by atoms with Gasteiger partial charge in [0.2, 0.25) is 0 Å². The van der Waals surface area contributed by atoms with Gasteiger partial charge in [-0.3, -0.25) is 4.98 Å². The molecular formula is C32H26Cl2N2O2. The summed E-state index contributed by atoms with van der Waals surface area (Å²) in [5, 5.41) is 5.30. The Morgan fingerprint density at radius 1 is 0.842 bits per heavy atom. The van der Waals surface area contributed by atoms with E-state index in [1.807, 2.05) is 30.5 Å². The topological polar surface area (TPSA) is 43.4 Å². The van der Waals surface area contributed by atoms with Gasteiger partial charge in [0.05, 0.1) is 30.3 Å². The van der Waals surface area contributed by atoms with E-state index in [1.54, 1.807) is 7.11 Å². The van der Waals surface area contributed by atoms with Gasteiger partial charge in [-0.2, -0.15) is 0 Å². The Balaban J connectivity index is 1.48. The summed E-state index contributed by atoms with van der Waals surface area (Å²) in [5.41, 5.74) is 5.25. The van der Waals surface area contributed by atoms with Gasteiger partial charge in [-0.15, -0.1) is 0 Å². The van der Waals surface area contributed by atoms with Crippen molar-refractivity contribution in [2.45, 2.75) is 18.2 Å². The molecule has 1 N–H and O–H groups in total. The molecule has 0 fully saturated rings. The lowest BCUT2D eigenvalue weighted by atomic mass is 9.80. The molecule has 2 heterocycles. The van der Waals surface area contributed by atoms with Crippen molar-refractivity contribution in [2.75, 3.05) is 13.7 Å². The molecular weight excluding hydrogens is 515 g/mol. The predicted octanol–water partition coefficient (Wildman–Crippen LogP) is 7.70. The summed E-state index contributed by atoms with van der Waals surface area (Å²) < 4.78 is 12.6. The Labute approximate surface area is 232 Å². The number of nitrogens with one attached hydrogen (secondary N) is 1. The molecule has 1 aromatic heterocycles. The summed E-state index contributed by atoms with van der Waals surface area (Å²) in [4.78, 5) is 4.62. The van der Waals surface area contributed by atoms with Gasteiger partial charge in [0.25, 0.3) is 0 Å². The number of ether oxygens (including phenoxy) is 2. The Bertz CT molecular complexity index is 1480. The third-order valence-electron chi connectivity index (χ3n) is 7.25. The largest absolute Gasteiger partial charge is 0.495 e. The monoisotopic (exact) mass is 540 g/mol. The standard InChI is InChI=1S/C32H26Cl2N2O2/c1-37-27-17-25-28-21(19-36-31(25)30(34)29(27)33)18-35-26(28)20-38-32(22-11-5-2-6-12-22,23-13-7-3-8-14-23)24-15-9-4-10-16-24/h2-17,19,26,35H,18,20H2,1H3. The number of rotatable bonds is 7. The zero-order chi connectivity index (χ0) is 26.1. The van der Waals surface area contributed by atoms with Crippen LogP contribution in [0.15, 0.2) is 103 Å². The van der Waals surface area contributed by atoms with Crippen LogP contribution in [0.25, 0.3) is 10.9 Å². The highest BCUT2D eigenvalue weighted by atomic mass is 35.5. The maximum Gasteiger partial charge on any atom is 0.143 e. The van der Waals surface area contributed by atoms with E-state index < -0.39 is 5.60 Å². The lowest BCUT2D eigenvalue weighted by molar-refractivity contribution is 0.00117. The summed E-state index contributed by atoms with van der Waals surface area (Å²) in [7, 11) is 1.59. The van der Waals surface area contributed by atoms with Crippen molar-refractivity contribution in [3.8, 4) is 5.75 Å². The molecule has 0 aliphatic carbocycles. The van der Waals surface area contributed by atoms with E-state index in [9.17, 15) is 0 Å². The van der Waals surface area contributed by atoms with Gasteiger partial charge < -0.3 is 14.8 Å². The van der Waals surface area contributed by atoms with Crippen molar-refractivity contribution in [3.63, 3.8) is 0 Å². The first-order valence-corrected chi connectivity index (χ1v) is 13.3. The summed E-state index contributed by atoms with van der Waals surface area (Å²) in [5.74, 6) is 0.526. The van der Waals surface area contributed by atoms with Crippen LogP contribution in [-0.2, 0) is 16.9 Å². The average Bonchev–Trinajstić information content (AvgIpc) is 3.40. The number of halogens is 2. The maximum atomic E-state index is 7.11. The van der Waals surface area contributed by atoms with Crippen LogP contribution in [0.2, 0.25) is 10.0 Å². The zero-order valence-corrected chi connectivity index (χ0v) is 22.3. The van der Waals surface area contributed by atoms with Crippen molar-refractivity contribution >= 4 is 34.1 Å². The molecule has 0 spiro atoms. The van der Waals surface area contributed by atoms with E-state index in [0.717, 1.165) is 33.2 Å². The van der Waals surface area contributed by atoms with Gasteiger partial charge in [-0.1, -0.05) is 114 Å². The number of benzene rings is 4. The first-order valence-electron chi connectivity index (χ1n) is 12.5. The van der Waals surface area contributed by atoms with Crippen LogP contribution in [0, 0.1) is 0 Å². The number of nitrogens with zero attached hydrogens (tertiary/aromatic N) is 1. The summed E-state index contributed by atoms with van der Waals surface area (Å²) in [6.45, 7) is 1.09. The quantitative estimate of drug-likeness (QED) is 0.215. The molecule has 1 unspecified atom stereocenters. The minimum atomic E-state index is -0.810. The number of fused-ring (bicyclic) bond motifs is 3. The second-order valence-electron chi connectivity index (χ2n) is 9.32. The predicted molar refractivity (Wildman–Crippen MR) is 153 cm³/mol. The highest BCUT2D eigenvalue weighted by molar-refractivity contribution is 6.46. The van der Waals surface area contributed by atoms with E-state index >= 15 is 0 Å². The number of hydrogen-bond donors (Lipinski definition) is 1. The van der Waals surface area contributed by atoms with Crippen LogP contribution in [0.3, 0.4) is 0 Å². The van der Waals surface area contributed by atoms with Gasteiger partial charge in [0, 0.05) is 18.1 Å². The molecule has 1 aliphatic rings. The molecule has 0 saturated carbocycles. The second-order valence-corrected chi connectivity index (χ2v) is 10.1. The lowest BCUT2D eigenvalue weighted by Crippen LogP contribution is -2.35. The Morgan fingerprint density at radius 3 is 1.92 bits per heavy atom. The van der Waals surface area contributed by atoms with E-state index in [0.29, 0.717) is 34.5 Å². The van der Waals surface area contributed by atoms with Gasteiger partial charge >= 0.3 is 0 Å². The van der Waals surface area contributed by atoms with Gasteiger partial charge in [-0.05, 0) is 33.9 Å². The van der Waals surface area contributed by atoms with Crippen LogP contribution >= 0.6 is 23.2 Å². The minimum absolute atomic E-state index is 0.0899. The van der Waals surface area contributed by atoms with Crippen LogP contribution < -0.4 is 10.1 Å². The number of hydrogen-bond acceptors (Lipinski definition) is 4. The first kappa shape index (κ1) is 24.9. The molecule has 6 heteroatoms. The fourth-order valence-electron chi connectivity index (χ4n) is 5.46. The van der Waals surface area contributed by atoms with E-state index in [4.69, 9.17) is 32.7 Å². The molecule has 1 atom stereocenters. The molecule has 0 radical (unpaired) electrons. The van der Waals surface area contributed by atoms with Crippen molar-refractivity contribution in [1.29, 1.82) is 0 Å². The van der Waals surface area contributed by atoms with Gasteiger partial charge in [0.15, 0.2) is 0 Å². The third-order valence-corrected chi connectivity index (χ3v) is 8.09. The van der Waals surface area contributed by atoms with Crippen LogP contribution in [0.4, 0.5) is 0 Å². The van der Waals surface area contributed by atoms with Crippen molar-refractivity contribution < 1.29 is 9.47 Å². The Hall–Kier alpha value is -3.41. The van der Waals surface area contributed by atoms with Crippen molar-refractivity contribution in [2.24, 2.45) is 0 Å². The molecule has 1 aliphatic heterocycles.